The summed E-state index contributed by atoms with van der Waals surface area (Å²) >= 11 is 1.34. The fourth-order valence-corrected chi connectivity index (χ4v) is 4.51. The summed E-state index contributed by atoms with van der Waals surface area (Å²) < 4.78 is 11.5. The molecule has 1 aliphatic rings. The van der Waals surface area contributed by atoms with Crippen molar-refractivity contribution in [1.82, 2.24) is 4.98 Å². The van der Waals surface area contributed by atoms with Crippen molar-refractivity contribution in [2.45, 2.75) is 19.9 Å². The van der Waals surface area contributed by atoms with Crippen LogP contribution in [0.1, 0.15) is 40.2 Å². The molecular weight excluding hydrogens is 400 g/mol. The van der Waals surface area contributed by atoms with Crippen LogP contribution in [0.15, 0.2) is 63.3 Å². The van der Waals surface area contributed by atoms with Crippen LogP contribution in [0.25, 0.3) is 11.0 Å². The van der Waals surface area contributed by atoms with Crippen LogP contribution < -0.4 is 15.1 Å². The van der Waals surface area contributed by atoms with E-state index in [0.717, 1.165) is 16.9 Å². The van der Waals surface area contributed by atoms with E-state index in [4.69, 9.17) is 9.15 Å². The minimum Gasteiger partial charge on any atom is -0.494 e. The molecule has 1 atom stereocenters. The fraction of sp³-hybridized carbons (Fsp3) is 0.174. The molecule has 1 unspecified atom stereocenters. The van der Waals surface area contributed by atoms with Gasteiger partial charge in [-0.15, -0.1) is 11.3 Å². The van der Waals surface area contributed by atoms with E-state index in [0.29, 0.717) is 28.3 Å². The van der Waals surface area contributed by atoms with E-state index in [2.05, 4.69) is 4.98 Å². The van der Waals surface area contributed by atoms with Crippen LogP contribution in [0.5, 0.6) is 5.75 Å². The standard InChI is InChI=1S/C23H18N2O4S/c1-3-28-15-7-5-14(6-8-15)19-18-20(26)16-12-13(2)4-9-17(16)29-21(18)22(27)25(19)23-24-10-11-30-23/h4-12,19H,3H2,1-2H3. The van der Waals surface area contributed by atoms with E-state index in [1.54, 1.807) is 28.6 Å². The second-order valence-electron chi connectivity index (χ2n) is 7.07. The molecule has 0 N–H and O–H groups in total. The number of anilines is 1. The number of benzene rings is 2. The Hall–Kier alpha value is -3.45. The molecule has 2 aromatic heterocycles. The summed E-state index contributed by atoms with van der Waals surface area (Å²) in [6, 6.07) is 12.2. The predicted molar refractivity (Wildman–Crippen MR) is 116 cm³/mol. The van der Waals surface area contributed by atoms with Gasteiger partial charge >= 0.3 is 0 Å². The number of carbonyl (C=O) groups excluding carboxylic acids is 1. The molecule has 0 saturated heterocycles. The number of fused-ring (bicyclic) bond motifs is 2. The molecule has 3 heterocycles. The maximum absolute atomic E-state index is 13.5. The van der Waals surface area contributed by atoms with Gasteiger partial charge < -0.3 is 9.15 Å². The van der Waals surface area contributed by atoms with Crippen LogP contribution in [-0.4, -0.2) is 17.5 Å². The lowest BCUT2D eigenvalue weighted by Gasteiger charge is -2.22. The highest BCUT2D eigenvalue weighted by Gasteiger charge is 2.44. The first-order valence-corrected chi connectivity index (χ1v) is 10.5. The zero-order chi connectivity index (χ0) is 20.8. The Morgan fingerprint density at radius 1 is 1.17 bits per heavy atom. The van der Waals surface area contributed by atoms with Gasteiger partial charge in [-0.05, 0) is 43.7 Å². The van der Waals surface area contributed by atoms with Crippen molar-refractivity contribution in [2.24, 2.45) is 0 Å². The summed E-state index contributed by atoms with van der Waals surface area (Å²) in [5.74, 6) is 0.441. The van der Waals surface area contributed by atoms with Crippen LogP contribution in [0.4, 0.5) is 5.13 Å². The molecule has 6 nitrogen and oxygen atoms in total. The van der Waals surface area contributed by atoms with E-state index < -0.39 is 6.04 Å². The van der Waals surface area contributed by atoms with Gasteiger partial charge in [0.2, 0.25) is 5.76 Å². The summed E-state index contributed by atoms with van der Waals surface area (Å²) in [5.41, 5.74) is 2.30. The molecule has 0 spiro atoms. The Balaban J connectivity index is 1.76. The number of aryl methyl sites for hydroxylation is 1. The average Bonchev–Trinajstić information content (AvgIpc) is 3.36. The molecule has 0 radical (unpaired) electrons. The van der Waals surface area contributed by atoms with Crippen molar-refractivity contribution in [3.8, 4) is 5.75 Å². The number of ether oxygens (including phenoxy) is 1. The minimum absolute atomic E-state index is 0.0745. The molecule has 7 heteroatoms. The highest BCUT2D eigenvalue weighted by atomic mass is 32.1. The van der Waals surface area contributed by atoms with E-state index in [1.165, 1.54) is 11.3 Å². The van der Waals surface area contributed by atoms with Crippen molar-refractivity contribution >= 4 is 33.3 Å². The van der Waals surface area contributed by atoms with Gasteiger partial charge in [-0.3, -0.25) is 14.5 Å². The van der Waals surface area contributed by atoms with Crippen molar-refractivity contribution in [3.05, 3.63) is 86.7 Å². The van der Waals surface area contributed by atoms with E-state index in [-0.39, 0.29) is 17.1 Å². The quantitative estimate of drug-likeness (QED) is 0.480. The number of thiazole rings is 1. The molecule has 150 valence electrons. The predicted octanol–water partition coefficient (Wildman–Crippen LogP) is 4.71. The molecule has 2 aromatic carbocycles. The zero-order valence-electron chi connectivity index (χ0n) is 16.4. The lowest BCUT2D eigenvalue weighted by Crippen LogP contribution is -2.29. The molecule has 30 heavy (non-hydrogen) atoms. The maximum atomic E-state index is 13.5. The third kappa shape index (κ3) is 2.81. The van der Waals surface area contributed by atoms with Gasteiger partial charge in [0.25, 0.3) is 5.91 Å². The van der Waals surface area contributed by atoms with Gasteiger partial charge in [-0.25, -0.2) is 4.98 Å². The van der Waals surface area contributed by atoms with Crippen molar-refractivity contribution in [2.75, 3.05) is 11.5 Å². The largest absolute Gasteiger partial charge is 0.494 e. The Morgan fingerprint density at radius 3 is 2.67 bits per heavy atom. The maximum Gasteiger partial charge on any atom is 0.297 e. The third-order valence-electron chi connectivity index (χ3n) is 5.16. The van der Waals surface area contributed by atoms with Crippen molar-refractivity contribution in [3.63, 3.8) is 0 Å². The van der Waals surface area contributed by atoms with Gasteiger partial charge in [0, 0.05) is 11.6 Å². The second-order valence-corrected chi connectivity index (χ2v) is 7.94. The molecule has 4 aromatic rings. The summed E-state index contributed by atoms with van der Waals surface area (Å²) in [6.07, 6.45) is 1.64. The third-order valence-corrected chi connectivity index (χ3v) is 5.93. The summed E-state index contributed by atoms with van der Waals surface area (Å²) in [5, 5.41) is 2.79. The Labute approximate surface area is 176 Å². The summed E-state index contributed by atoms with van der Waals surface area (Å²) in [4.78, 5) is 32.7. The van der Waals surface area contributed by atoms with Crippen LogP contribution in [0.3, 0.4) is 0 Å². The first-order chi connectivity index (χ1) is 14.6. The Morgan fingerprint density at radius 2 is 1.97 bits per heavy atom. The molecule has 0 saturated carbocycles. The Bertz CT molecular complexity index is 1310. The van der Waals surface area contributed by atoms with E-state index in [1.807, 2.05) is 44.2 Å². The molecular formula is C23H18N2O4S. The monoisotopic (exact) mass is 418 g/mol. The lowest BCUT2D eigenvalue weighted by atomic mass is 9.98. The smallest absolute Gasteiger partial charge is 0.297 e. The lowest BCUT2D eigenvalue weighted by molar-refractivity contribution is 0.0971. The topological polar surface area (TPSA) is 72.6 Å². The van der Waals surface area contributed by atoms with E-state index >= 15 is 0 Å². The summed E-state index contributed by atoms with van der Waals surface area (Å²) in [6.45, 7) is 4.40. The van der Waals surface area contributed by atoms with Gasteiger partial charge in [-0.1, -0.05) is 23.8 Å². The second kappa shape index (κ2) is 7.11. The number of carbonyl (C=O) groups is 1. The first kappa shape index (κ1) is 18.6. The number of hydrogen-bond acceptors (Lipinski definition) is 6. The van der Waals surface area contributed by atoms with Crippen LogP contribution in [0.2, 0.25) is 0 Å². The number of amides is 1. The molecule has 0 bridgehead atoms. The Kier molecular flexibility index (Phi) is 4.40. The number of rotatable bonds is 4. The zero-order valence-corrected chi connectivity index (χ0v) is 17.2. The minimum atomic E-state index is -0.615. The van der Waals surface area contributed by atoms with Crippen LogP contribution in [0, 0.1) is 6.92 Å². The van der Waals surface area contributed by atoms with Crippen molar-refractivity contribution in [1.29, 1.82) is 0 Å². The molecule has 5 rings (SSSR count). The number of nitrogens with zero attached hydrogens (tertiary/aromatic N) is 2. The molecule has 1 aliphatic heterocycles. The van der Waals surface area contributed by atoms with Gasteiger partial charge in [0.05, 0.1) is 23.6 Å². The summed E-state index contributed by atoms with van der Waals surface area (Å²) in [7, 11) is 0. The van der Waals surface area contributed by atoms with Gasteiger partial charge in [0.15, 0.2) is 10.6 Å². The highest BCUT2D eigenvalue weighted by Crippen LogP contribution is 2.42. The average molecular weight is 418 g/mol. The highest BCUT2D eigenvalue weighted by molar-refractivity contribution is 7.13. The van der Waals surface area contributed by atoms with Crippen LogP contribution in [-0.2, 0) is 0 Å². The molecule has 0 aliphatic carbocycles. The SMILES string of the molecule is CCOc1ccc(C2c3c(oc4ccc(C)cc4c3=O)C(=O)N2c2nccs2)cc1. The van der Waals surface area contributed by atoms with Gasteiger partial charge in [-0.2, -0.15) is 0 Å². The fourth-order valence-electron chi connectivity index (χ4n) is 3.85. The molecule has 1 amide bonds. The normalized spacial score (nSPS) is 15.6. The number of hydrogen-bond donors (Lipinski definition) is 0. The van der Waals surface area contributed by atoms with Crippen LogP contribution >= 0.6 is 11.3 Å². The first-order valence-electron chi connectivity index (χ1n) is 9.61. The van der Waals surface area contributed by atoms with Gasteiger partial charge in [0.1, 0.15) is 11.3 Å². The van der Waals surface area contributed by atoms with Crippen molar-refractivity contribution < 1.29 is 13.9 Å². The van der Waals surface area contributed by atoms with E-state index in [9.17, 15) is 9.59 Å². The molecule has 0 fully saturated rings. The number of aromatic nitrogens is 1.